The molecule has 0 bridgehead atoms. The van der Waals surface area contributed by atoms with Gasteiger partial charge in [-0.15, -0.1) is 11.3 Å². The van der Waals surface area contributed by atoms with Gasteiger partial charge in [-0.1, -0.05) is 0 Å². The normalized spacial score (nSPS) is 9.85. The second-order valence-corrected chi connectivity index (χ2v) is 3.44. The van der Waals surface area contributed by atoms with E-state index in [1.807, 2.05) is 6.07 Å². The number of aromatic nitrogens is 1. The van der Waals surface area contributed by atoms with Gasteiger partial charge < -0.3 is 5.11 Å². The van der Waals surface area contributed by atoms with Gasteiger partial charge >= 0.3 is 0 Å². The zero-order valence-corrected chi connectivity index (χ0v) is 8.02. The van der Waals surface area contributed by atoms with Crippen LogP contribution in [0.3, 0.4) is 0 Å². The highest BCUT2D eigenvalue weighted by atomic mass is 32.1. The van der Waals surface area contributed by atoms with E-state index >= 15 is 0 Å². The maximum absolute atomic E-state index is 9.49. The van der Waals surface area contributed by atoms with Crippen LogP contribution < -0.4 is 0 Å². The number of rotatable bonds is 1. The van der Waals surface area contributed by atoms with Crippen molar-refractivity contribution in [1.29, 1.82) is 0 Å². The van der Waals surface area contributed by atoms with E-state index in [9.17, 15) is 5.11 Å². The van der Waals surface area contributed by atoms with Gasteiger partial charge in [-0.3, -0.25) is 0 Å². The maximum Gasteiger partial charge on any atom is 0.144 e. The van der Waals surface area contributed by atoms with E-state index in [0.717, 1.165) is 4.70 Å². The zero-order chi connectivity index (χ0) is 9.26. The minimum atomic E-state index is 0.128. The van der Waals surface area contributed by atoms with Crippen LogP contribution in [-0.2, 0) is 0 Å². The average molecular weight is 208 g/mol. The number of aromatic hydroxyl groups is 1. The molecule has 0 fully saturated rings. The number of fused-ring (bicyclic) bond motifs is 1. The fourth-order valence-corrected chi connectivity index (χ4v) is 1.89. The van der Waals surface area contributed by atoms with Crippen molar-refractivity contribution in [2.45, 2.75) is 0 Å². The van der Waals surface area contributed by atoms with Gasteiger partial charge in [0.15, 0.2) is 0 Å². The molecule has 0 saturated heterocycles. The largest absolute Gasteiger partial charge is 0.506 e. The van der Waals surface area contributed by atoms with Crippen LogP contribution in [0.4, 0.5) is 5.69 Å². The van der Waals surface area contributed by atoms with Gasteiger partial charge in [0.1, 0.15) is 11.3 Å². The van der Waals surface area contributed by atoms with E-state index < -0.39 is 0 Å². The van der Waals surface area contributed by atoms with E-state index in [-0.39, 0.29) is 5.75 Å². The lowest BCUT2D eigenvalue weighted by molar-refractivity contribution is 0.481. The Labute approximate surface area is 83.4 Å². The van der Waals surface area contributed by atoms with Crippen LogP contribution in [0.5, 0.6) is 5.75 Å². The van der Waals surface area contributed by atoms with Crippen molar-refractivity contribution in [3.63, 3.8) is 0 Å². The number of benzene rings is 1. The third-order valence-electron chi connectivity index (χ3n) is 1.58. The Morgan fingerprint density at radius 2 is 2.38 bits per heavy atom. The molecule has 5 heteroatoms. The number of isothiocyanates is 1. The molecule has 2 aromatic rings. The number of aliphatic imine (C=N–C) groups is 1. The predicted octanol–water partition coefficient (Wildman–Crippen LogP) is 2.74. The van der Waals surface area contributed by atoms with Crippen LogP contribution in [0, 0.1) is 0 Å². The van der Waals surface area contributed by atoms with Gasteiger partial charge in [0, 0.05) is 6.07 Å². The fourth-order valence-electron chi connectivity index (χ4n) is 1.05. The molecule has 2 rings (SSSR count). The summed E-state index contributed by atoms with van der Waals surface area (Å²) >= 11 is 5.92. The van der Waals surface area contributed by atoms with E-state index in [4.69, 9.17) is 0 Å². The summed E-state index contributed by atoms with van der Waals surface area (Å²) in [7, 11) is 0. The molecule has 0 amide bonds. The van der Waals surface area contributed by atoms with Crippen molar-refractivity contribution in [2.24, 2.45) is 4.99 Å². The monoisotopic (exact) mass is 208 g/mol. The molecular weight excluding hydrogens is 204 g/mol. The number of phenols is 1. The van der Waals surface area contributed by atoms with Crippen molar-refractivity contribution in [2.75, 3.05) is 0 Å². The smallest absolute Gasteiger partial charge is 0.144 e. The van der Waals surface area contributed by atoms with Gasteiger partial charge in [0.25, 0.3) is 0 Å². The predicted molar refractivity (Wildman–Crippen MR) is 56.0 cm³/mol. The first kappa shape index (κ1) is 8.31. The molecule has 1 aromatic heterocycles. The summed E-state index contributed by atoms with van der Waals surface area (Å²) in [4.78, 5) is 7.78. The van der Waals surface area contributed by atoms with Gasteiger partial charge in [0.05, 0.1) is 21.1 Å². The summed E-state index contributed by atoms with van der Waals surface area (Å²) in [5.41, 5.74) is 2.88. The molecule has 0 atom stereocenters. The Balaban J connectivity index is 2.76. The minimum Gasteiger partial charge on any atom is -0.506 e. The highest BCUT2D eigenvalue weighted by Crippen LogP contribution is 2.31. The number of nitrogens with zero attached hydrogens (tertiary/aromatic N) is 2. The first-order valence-electron chi connectivity index (χ1n) is 3.45. The topological polar surface area (TPSA) is 45.5 Å². The summed E-state index contributed by atoms with van der Waals surface area (Å²) in [6.45, 7) is 0. The van der Waals surface area contributed by atoms with Crippen LogP contribution in [0.15, 0.2) is 22.6 Å². The maximum atomic E-state index is 9.49. The highest BCUT2D eigenvalue weighted by Gasteiger charge is 2.04. The van der Waals surface area contributed by atoms with Crippen LogP contribution in [0.25, 0.3) is 10.2 Å². The quantitative estimate of drug-likeness (QED) is 0.579. The number of thiocarbonyl (C=S) groups is 1. The summed E-state index contributed by atoms with van der Waals surface area (Å²) in [6.07, 6.45) is 0. The van der Waals surface area contributed by atoms with Crippen molar-refractivity contribution in [3.05, 3.63) is 17.6 Å². The Morgan fingerprint density at radius 3 is 3.15 bits per heavy atom. The Kier molecular flexibility index (Phi) is 2.06. The summed E-state index contributed by atoms with van der Waals surface area (Å²) in [5.74, 6) is 0.128. The Morgan fingerprint density at radius 1 is 1.54 bits per heavy atom. The summed E-state index contributed by atoms with van der Waals surface area (Å²) in [6, 6.07) is 3.33. The van der Waals surface area contributed by atoms with Crippen molar-refractivity contribution in [1.82, 2.24) is 4.98 Å². The number of phenolic OH excluding ortho intramolecular Hbond substituents is 1. The number of thiazole rings is 1. The molecule has 1 N–H and O–H groups in total. The van der Waals surface area contributed by atoms with Crippen LogP contribution >= 0.6 is 23.6 Å². The first-order chi connectivity index (χ1) is 6.31. The second kappa shape index (κ2) is 3.22. The van der Waals surface area contributed by atoms with Gasteiger partial charge in [0.2, 0.25) is 0 Å². The molecule has 0 unspecified atom stereocenters. The third-order valence-corrected chi connectivity index (χ3v) is 2.44. The lowest BCUT2D eigenvalue weighted by atomic mass is 10.3. The van der Waals surface area contributed by atoms with E-state index in [0.29, 0.717) is 11.2 Å². The van der Waals surface area contributed by atoms with Crippen molar-refractivity contribution in [3.8, 4) is 5.75 Å². The van der Waals surface area contributed by atoms with E-state index in [1.54, 1.807) is 5.51 Å². The molecule has 0 radical (unpaired) electrons. The van der Waals surface area contributed by atoms with Crippen molar-refractivity contribution >= 4 is 44.6 Å². The zero-order valence-electron chi connectivity index (χ0n) is 6.39. The summed E-state index contributed by atoms with van der Waals surface area (Å²) in [5, 5.41) is 11.7. The molecule has 1 heterocycles. The molecule has 64 valence electrons. The highest BCUT2D eigenvalue weighted by molar-refractivity contribution is 7.78. The lowest BCUT2D eigenvalue weighted by Gasteiger charge is -1.94. The molecule has 0 saturated carbocycles. The molecule has 0 aliphatic heterocycles. The van der Waals surface area contributed by atoms with Crippen LogP contribution in [0.1, 0.15) is 0 Å². The van der Waals surface area contributed by atoms with Gasteiger partial charge in [-0.05, 0) is 18.3 Å². The molecule has 1 aromatic carbocycles. The van der Waals surface area contributed by atoms with E-state index in [1.165, 1.54) is 17.4 Å². The summed E-state index contributed by atoms with van der Waals surface area (Å²) < 4.78 is 0.893. The standard InChI is InChI=1S/C8H4N2OS2/c11-6-1-5(9-3-12)2-7-8(6)10-4-13-7/h1-2,4,11H. The molecule has 0 spiro atoms. The lowest BCUT2D eigenvalue weighted by Crippen LogP contribution is -1.70. The molecule has 0 aliphatic carbocycles. The third kappa shape index (κ3) is 1.45. The van der Waals surface area contributed by atoms with Gasteiger partial charge in [-0.2, -0.15) is 4.99 Å². The molecule has 13 heavy (non-hydrogen) atoms. The number of hydrogen-bond donors (Lipinski definition) is 1. The Hall–Kier alpha value is -1.29. The van der Waals surface area contributed by atoms with E-state index in [2.05, 4.69) is 27.4 Å². The number of hydrogen-bond acceptors (Lipinski definition) is 5. The van der Waals surface area contributed by atoms with Crippen molar-refractivity contribution < 1.29 is 5.11 Å². The second-order valence-electron chi connectivity index (χ2n) is 2.37. The molecule has 3 nitrogen and oxygen atoms in total. The molecule has 0 aliphatic rings. The Bertz CT molecular complexity index is 500. The SMILES string of the molecule is Oc1cc(N=C=S)cc2scnc12. The van der Waals surface area contributed by atoms with Crippen LogP contribution in [-0.4, -0.2) is 15.3 Å². The first-order valence-corrected chi connectivity index (χ1v) is 4.74. The molecular formula is C8H4N2OS2. The minimum absolute atomic E-state index is 0.128. The average Bonchev–Trinajstić information content (AvgIpc) is 2.53. The van der Waals surface area contributed by atoms with Gasteiger partial charge in [-0.25, -0.2) is 4.98 Å². The van der Waals surface area contributed by atoms with Crippen LogP contribution in [0.2, 0.25) is 0 Å². The fraction of sp³-hybridized carbons (Fsp3) is 0.